The summed E-state index contributed by atoms with van der Waals surface area (Å²) >= 11 is 12.1. The summed E-state index contributed by atoms with van der Waals surface area (Å²) in [6, 6.07) is 4.87. The van der Waals surface area contributed by atoms with Crippen molar-refractivity contribution < 1.29 is 18.8 Å². The van der Waals surface area contributed by atoms with Crippen LogP contribution in [0.2, 0.25) is 10.0 Å². The van der Waals surface area contributed by atoms with Gasteiger partial charge in [0.2, 0.25) is 5.91 Å². The summed E-state index contributed by atoms with van der Waals surface area (Å²) in [6.45, 7) is 1.47. The van der Waals surface area contributed by atoms with Crippen LogP contribution in [0.25, 0.3) is 0 Å². The first-order valence-corrected chi connectivity index (χ1v) is 9.20. The molecule has 1 aromatic carbocycles. The molecule has 142 valence electrons. The number of hydrogen-bond acceptors (Lipinski definition) is 4. The average Bonchev–Trinajstić information content (AvgIpc) is 2.95. The van der Waals surface area contributed by atoms with Gasteiger partial charge in [-0.05, 0) is 25.5 Å². The number of halogens is 2. The first kappa shape index (κ1) is 19.5. The second-order valence-electron chi connectivity index (χ2n) is 6.44. The number of carbonyl (C=O) groups excluding carboxylic acids is 3. The number of nitrogens with one attached hydrogen (secondary N) is 1. The van der Waals surface area contributed by atoms with Crippen LogP contribution in [0.3, 0.4) is 0 Å². The predicted octanol–water partition coefficient (Wildman–Crippen LogP) is 4.12. The lowest BCUT2D eigenvalue weighted by Crippen LogP contribution is -2.35. The molecule has 0 bridgehead atoms. The fourth-order valence-electron chi connectivity index (χ4n) is 3.11. The number of anilines is 1. The molecule has 1 aromatic heterocycles. The molecule has 0 fully saturated rings. The van der Waals surface area contributed by atoms with Gasteiger partial charge in [0.25, 0.3) is 5.91 Å². The molecule has 0 spiro atoms. The number of benzene rings is 1. The lowest BCUT2D eigenvalue weighted by Gasteiger charge is -2.16. The molecule has 27 heavy (non-hydrogen) atoms. The number of likely N-dealkylation sites (N-methyl/N-ethyl adjacent to an activating group) is 1. The molecule has 0 unspecified atom stereocenters. The number of Topliss-reactive ketones (excluding diaryl/α,β-unsaturated/α-hetero) is 1. The van der Waals surface area contributed by atoms with Crippen LogP contribution in [0, 0.1) is 6.92 Å². The van der Waals surface area contributed by atoms with Gasteiger partial charge in [-0.3, -0.25) is 14.4 Å². The van der Waals surface area contributed by atoms with E-state index in [1.165, 1.54) is 11.9 Å². The molecule has 1 heterocycles. The average molecular weight is 409 g/mol. The number of carbonyl (C=O) groups is 3. The Morgan fingerprint density at radius 1 is 1.22 bits per heavy atom. The quantitative estimate of drug-likeness (QED) is 0.824. The van der Waals surface area contributed by atoms with E-state index in [9.17, 15) is 14.4 Å². The van der Waals surface area contributed by atoms with E-state index in [1.807, 2.05) is 0 Å². The van der Waals surface area contributed by atoms with Crippen LogP contribution >= 0.6 is 23.2 Å². The maximum atomic E-state index is 12.7. The van der Waals surface area contributed by atoms with Crippen LogP contribution in [0.15, 0.2) is 22.6 Å². The molecule has 2 aromatic rings. The maximum Gasteiger partial charge on any atom is 0.290 e. The van der Waals surface area contributed by atoms with E-state index in [1.54, 1.807) is 25.1 Å². The topological polar surface area (TPSA) is 79.6 Å². The normalized spacial score (nSPS) is 13.3. The highest BCUT2D eigenvalue weighted by Gasteiger charge is 2.30. The smallest absolute Gasteiger partial charge is 0.290 e. The highest BCUT2D eigenvalue weighted by atomic mass is 35.5. The summed E-state index contributed by atoms with van der Waals surface area (Å²) in [5, 5.41) is 3.21. The largest absolute Gasteiger partial charge is 0.455 e. The van der Waals surface area contributed by atoms with Gasteiger partial charge in [0, 0.05) is 25.5 Å². The number of amides is 2. The van der Waals surface area contributed by atoms with Gasteiger partial charge in [-0.1, -0.05) is 29.3 Å². The molecule has 1 N–H and O–H groups in total. The van der Waals surface area contributed by atoms with Crippen molar-refractivity contribution in [1.82, 2.24) is 4.90 Å². The van der Waals surface area contributed by atoms with Crippen molar-refractivity contribution in [1.29, 1.82) is 0 Å². The van der Waals surface area contributed by atoms with E-state index < -0.39 is 11.8 Å². The Morgan fingerprint density at radius 3 is 2.52 bits per heavy atom. The Morgan fingerprint density at radius 2 is 1.89 bits per heavy atom. The Balaban J connectivity index is 1.73. The first-order valence-electron chi connectivity index (χ1n) is 8.44. The van der Waals surface area contributed by atoms with Crippen LogP contribution in [-0.2, 0) is 11.2 Å². The number of rotatable bonds is 4. The zero-order chi connectivity index (χ0) is 19.7. The number of furan rings is 1. The summed E-state index contributed by atoms with van der Waals surface area (Å²) in [5.41, 5.74) is 1.33. The number of aryl methyl sites for hydroxylation is 1. The van der Waals surface area contributed by atoms with Gasteiger partial charge < -0.3 is 14.6 Å². The number of hydrogen-bond donors (Lipinski definition) is 1. The second-order valence-corrected chi connectivity index (χ2v) is 7.25. The zero-order valence-corrected chi connectivity index (χ0v) is 16.4. The molecular formula is C19H18Cl2N2O4. The number of para-hydroxylation sites is 1. The third kappa shape index (κ3) is 3.87. The van der Waals surface area contributed by atoms with Crippen molar-refractivity contribution in [3.8, 4) is 0 Å². The third-order valence-electron chi connectivity index (χ3n) is 4.46. The SMILES string of the molecule is Cc1c(C(=O)N(C)CC(=O)Nc2c(Cl)cccc2Cl)oc2c1C(=O)CCC2. The van der Waals surface area contributed by atoms with Crippen LogP contribution < -0.4 is 5.32 Å². The molecule has 1 aliphatic carbocycles. The summed E-state index contributed by atoms with van der Waals surface area (Å²) in [7, 11) is 1.49. The van der Waals surface area contributed by atoms with E-state index in [0.717, 1.165) is 0 Å². The number of ketones is 1. The van der Waals surface area contributed by atoms with Crippen molar-refractivity contribution in [3.05, 3.63) is 50.9 Å². The highest BCUT2D eigenvalue weighted by molar-refractivity contribution is 6.39. The molecular weight excluding hydrogens is 391 g/mol. The summed E-state index contributed by atoms with van der Waals surface area (Å²) < 4.78 is 5.64. The van der Waals surface area contributed by atoms with Crippen molar-refractivity contribution in [3.63, 3.8) is 0 Å². The molecule has 6 nitrogen and oxygen atoms in total. The lowest BCUT2D eigenvalue weighted by atomic mass is 9.94. The van der Waals surface area contributed by atoms with Crippen LogP contribution in [0.1, 0.15) is 45.1 Å². The zero-order valence-electron chi connectivity index (χ0n) is 14.9. The number of fused-ring (bicyclic) bond motifs is 1. The maximum absolute atomic E-state index is 12.7. The van der Waals surface area contributed by atoms with Gasteiger partial charge in [-0.25, -0.2) is 0 Å². The van der Waals surface area contributed by atoms with Gasteiger partial charge in [0.15, 0.2) is 11.5 Å². The summed E-state index contributed by atoms with van der Waals surface area (Å²) in [4.78, 5) is 38.3. The molecule has 2 amide bonds. The van der Waals surface area contributed by atoms with E-state index in [-0.39, 0.29) is 18.1 Å². The highest BCUT2D eigenvalue weighted by Crippen LogP contribution is 2.31. The van der Waals surface area contributed by atoms with Crippen molar-refractivity contribution in [2.45, 2.75) is 26.2 Å². The van der Waals surface area contributed by atoms with E-state index in [0.29, 0.717) is 51.9 Å². The molecule has 0 saturated carbocycles. The van der Waals surface area contributed by atoms with Gasteiger partial charge in [0.1, 0.15) is 5.76 Å². The van der Waals surface area contributed by atoms with Crippen molar-refractivity contribution in [2.75, 3.05) is 18.9 Å². The minimum absolute atomic E-state index is 0.00897. The lowest BCUT2D eigenvalue weighted by molar-refractivity contribution is -0.116. The van der Waals surface area contributed by atoms with Gasteiger partial charge in [-0.2, -0.15) is 0 Å². The van der Waals surface area contributed by atoms with Gasteiger partial charge in [-0.15, -0.1) is 0 Å². The monoisotopic (exact) mass is 408 g/mol. The Labute approximate surface area is 166 Å². The predicted molar refractivity (Wildman–Crippen MR) is 103 cm³/mol. The Hall–Kier alpha value is -2.31. The van der Waals surface area contributed by atoms with Crippen LogP contribution in [-0.4, -0.2) is 36.1 Å². The number of nitrogens with zero attached hydrogens (tertiary/aromatic N) is 1. The molecule has 0 saturated heterocycles. The van der Waals surface area contributed by atoms with Crippen LogP contribution in [0.5, 0.6) is 0 Å². The second kappa shape index (κ2) is 7.74. The fourth-order valence-corrected chi connectivity index (χ4v) is 3.60. The summed E-state index contributed by atoms with van der Waals surface area (Å²) in [6.07, 6.45) is 1.80. The standard InChI is InChI=1S/C19H18Cl2N2O4/c1-10-16-13(24)7-4-8-14(16)27-18(10)19(26)23(2)9-15(25)22-17-11(20)5-3-6-12(17)21/h3,5-6H,4,7-9H2,1-2H3,(H,22,25). The minimum atomic E-state index is -0.463. The molecule has 1 aliphatic rings. The van der Waals surface area contributed by atoms with Gasteiger partial charge in [0.05, 0.1) is 27.8 Å². The molecule has 3 rings (SSSR count). The summed E-state index contributed by atoms with van der Waals surface area (Å²) in [5.74, 6) is -0.277. The molecule has 0 aliphatic heterocycles. The molecule has 0 atom stereocenters. The minimum Gasteiger partial charge on any atom is -0.455 e. The molecule has 8 heteroatoms. The van der Waals surface area contributed by atoms with Gasteiger partial charge >= 0.3 is 0 Å². The van der Waals surface area contributed by atoms with Crippen LogP contribution in [0.4, 0.5) is 5.69 Å². The Kier molecular flexibility index (Phi) is 5.58. The van der Waals surface area contributed by atoms with E-state index in [2.05, 4.69) is 5.32 Å². The van der Waals surface area contributed by atoms with E-state index >= 15 is 0 Å². The molecule has 0 radical (unpaired) electrons. The van der Waals surface area contributed by atoms with E-state index in [4.69, 9.17) is 27.6 Å². The first-order chi connectivity index (χ1) is 12.8. The van der Waals surface area contributed by atoms with Crippen molar-refractivity contribution in [2.24, 2.45) is 0 Å². The fraction of sp³-hybridized carbons (Fsp3) is 0.316. The Bertz CT molecular complexity index is 916. The van der Waals surface area contributed by atoms with Crippen molar-refractivity contribution >= 4 is 46.5 Å². The third-order valence-corrected chi connectivity index (χ3v) is 5.09.